The van der Waals surface area contributed by atoms with Crippen LogP contribution in [0.1, 0.15) is 6.42 Å². The number of carbonyl (C=O) groups excluding carboxylic acids is 1. The van der Waals surface area contributed by atoms with Crippen molar-refractivity contribution in [2.45, 2.75) is 6.42 Å². The largest absolute Gasteiger partial charge is 0.462 e. The van der Waals surface area contributed by atoms with Crippen LogP contribution in [-0.2, 0) is 28.8 Å². The molecule has 0 spiro atoms. The summed E-state index contributed by atoms with van der Waals surface area (Å²) in [5, 5.41) is 8.21. The van der Waals surface area contributed by atoms with Crippen molar-refractivity contribution in [3.8, 4) is 6.07 Å². The molecule has 0 N–H and O–H groups in total. The average molecular weight is 286 g/mol. The van der Waals surface area contributed by atoms with E-state index >= 15 is 0 Å². The fourth-order valence-corrected chi connectivity index (χ4v) is 0.946. The van der Waals surface area contributed by atoms with Gasteiger partial charge in [-0.25, -0.2) is 16.3 Å². The Bertz CT molecular complexity index is 323. The van der Waals surface area contributed by atoms with Gasteiger partial charge in [0.2, 0.25) is 6.54 Å². The van der Waals surface area contributed by atoms with E-state index in [4.69, 9.17) is 26.2 Å². The van der Waals surface area contributed by atoms with Gasteiger partial charge < -0.3 is 19.1 Å². The van der Waals surface area contributed by atoms with Gasteiger partial charge in [0.15, 0.2) is 6.61 Å². The van der Waals surface area contributed by atoms with Gasteiger partial charge in [0.1, 0.15) is 19.6 Å². The second kappa shape index (κ2) is 15.3. The van der Waals surface area contributed by atoms with Gasteiger partial charge in [-0.1, -0.05) is 0 Å². The quantitative estimate of drug-likeness (QED) is 0.158. The number of nitriles is 1. The fraction of sp³-hybridized carbons (Fsp3) is 0.750. The van der Waals surface area contributed by atoms with Crippen molar-refractivity contribution in [2.75, 3.05) is 52.8 Å². The number of esters is 1. The van der Waals surface area contributed by atoms with Crippen LogP contribution in [0.5, 0.6) is 0 Å². The minimum absolute atomic E-state index is 0.124. The molecule has 0 unspecified atom stereocenters. The molecule has 8 nitrogen and oxygen atoms in total. The Kier molecular flexibility index (Phi) is 14.0. The number of ether oxygens (including phenoxy) is 3. The van der Waals surface area contributed by atoms with Gasteiger partial charge in [-0.3, -0.25) is 4.79 Å². The van der Waals surface area contributed by atoms with Crippen molar-refractivity contribution in [3.05, 3.63) is 11.4 Å². The number of carbonyl (C=O) groups is 1. The lowest BCUT2D eigenvalue weighted by Crippen LogP contribution is -2.13. The van der Waals surface area contributed by atoms with E-state index in [1.54, 1.807) is 6.07 Å². The molecule has 0 saturated heterocycles. The number of rotatable bonds is 13. The molecule has 0 heterocycles. The molecule has 0 aromatic heterocycles. The highest BCUT2D eigenvalue weighted by Gasteiger charge is 2.00. The number of hydrogen-bond acceptors (Lipinski definition) is 7. The molecular formula is C12H18N2O6. The number of nitrogens with zero attached hydrogens (tertiary/aromatic N) is 2. The maximum Gasteiger partial charge on any atom is 0.320 e. The molecule has 0 fully saturated rings. The van der Waals surface area contributed by atoms with Crippen LogP contribution in [0.25, 0.3) is 4.85 Å². The van der Waals surface area contributed by atoms with Crippen molar-refractivity contribution in [3.63, 3.8) is 0 Å². The molecule has 0 aliphatic carbocycles. The van der Waals surface area contributed by atoms with Crippen LogP contribution in [0.4, 0.5) is 0 Å². The molecule has 0 aliphatic rings. The van der Waals surface area contributed by atoms with Gasteiger partial charge in [-0.2, -0.15) is 5.26 Å². The topological polar surface area (TPSA) is 91.4 Å². The molecule has 0 radical (unpaired) electrons. The first kappa shape index (κ1) is 18.3. The second-order valence-electron chi connectivity index (χ2n) is 3.31. The monoisotopic (exact) mass is 286 g/mol. The molecule has 0 bridgehead atoms. The maximum absolute atomic E-state index is 10.8. The first-order valence-corrected chi connectivity index (χ1v) is 6.07. The lowest BCUT2D eigenvalue weighted by Gasteiger charge is -2.06. The molecule has 0 amide bonds. The molecule has 0 atom stereocenters. The number of hydrogen-bond donors (Lipinski definition) is 0. The minimum Gasteiger partial charge on any atom is -0.462 e. The van der Waals surface area contributed by atoms with E-state index in [2.05, 4.69) is 14.5 Å². The van der Waals surface area contributed by atoms with Crippen LogP contribution in [-0.4, -0.2) is 58.8 Å². The second-order valence-corrected chi connectivity index (χ2v) is 3.31. The van der Waals surface area contributed by atoms with Crippen molar-refractivity contribution in [1.82, 2.24) is 0 Å². The Morgan fingerprint density at radius 2 is 1.60 bits per heavy atom. The van der Waals surface area contributed by atoms with E-state index in [0.29, 0.717) is 19.8 Å². The lowest BCUT2D eigenvalue weighted by atomic mass is 10.5. The summed E-state index contributed by atoms with van der Waals surface area (Å²) < 4.78 is 15.0. The van der Waals surface area contributed by atoms with Crippen molar-refractivity contribution in [1.29, 1.82) is 5.26 Å². The molecular weight excluding hydrogens is 268 g/mol. The molecule has 20 heavy (non-hydrogen) atoms. The highest BCUT2D eigenvalue weighted by atomic mass is 17.2. The Morgan fingerprint density at radius 3 is 2.25 bits per heavy atom. The average Bonchev–Trinajstić information content (AvgIpc) is 2.44. The summed E-state index contributed by atoms with van der Waals surface area (Å²) in [5.41, 5.74) is 0. The predicted octanol–water partition coefficient (Wildman–Crippen LogP) is 0.344. The van der Waals surface area contributed by atoms with Crippen LogP contribution in [0, 0.1) is 17.9 Å². The summed E-state index contributed by atoms with van der Waals surface area (Å²) in [5.74, 6) is -0.553. The van der Waals surface area contributed by atoms with Gasteiger partial charge in [0.05, 0.1) is 32.5 Å². The molecule has 0 aliphatic heterocycles. The standard InChI is InChI=1S/C12H18N2O6/c1-14-4-5-19-20-11-9-17-7-6-16-8-10-18-12(15)2-3-13/h2,4-11H2. The Labute approximate surface area is 117 Å². The van der Waals surface area contributed by atoms with E-state index in [1.807, 2.05) is 0 Å². The zero-order valence-electron chi connectivity index (χ0n) is 11.2. The van der Waals surface area contributed by atoms with Gasteiger partial charge >= 0.3 is 5.97 Å². The summed E-state index contributed by atoms with van der Waals surface area (Å²) in [6, 6.07) is 1.69. The Hall–Kier alpha value is -1.71. The van der Waals surface area contributed by atoms with Gasteiger partial charge in [0.25, 0.3) is 0 Å². The van der Waals surface area contributed by atoms with Gasteiger partial charge in [0, 0.05) is 0 Å². The highest BCUT2D eigenvalue weighted by molar-refractivity contribution is 5.71. The SMILES string of the molecule is [C-]#[N+]CCOOCCOCCOCCOC(=O)CC#N. The van der Waals surface area contributed by atoms with Crippen LogP contribution in [0.15, 0.2) is 0 Å². The van der Waals surface area contributed by atoms with Crippen LogP contribution >= 0.6 is 0 Å². The van der Waals surface area contributed by atoms with E-state index < -0.39 is 5.97 Å². The lowest BCUT2D eigenvalue weighted by molar-refractivity contribution is -0.296. The minimum atomic E-state index is -0.553. The first-order valence-electron chi connectivity index (χ1n) is 6.07. The summed E-state index contributed by atoms with van der Waals surface area (Å²) in [6.07, 6.45) is -0.249. The van der Waals surface area contributed by atoms with E-state index in [9.17, 15) is 4.79 Å². The van der Waals surface area contributed by atoms with Crippen molar-refractivity contribution >= 4 is 5.97 Å². The third-order valence-corrected chi connectivity index (χ3v) is 1.77. The first-order chi connectivity index (χ1) is 9.81. The predicted molar refractivity (Wildman–Crippen MR) is 66.2 cm³/mol. The molecule has 0 aromatic rings. The molecule has 8 heteroatoms. The zero-order valence-corrected chi connectivity index (χ0v) is 11.2. The molecule has 0 saturated carbocycles. The summed E-state index contributed by atoms with van der Waals surface area (Å²) in [4.78, 5) is 23.3. The summed E-state index contributed by atoms with van der Waals surface area (Å²) in [7, 11) is 0. The van der Waals surface area contributed by atoms with Gasteiger partial charge in [-0.05, 0) is 0 Å². The molecule has 0 aromatic carbocycles. The highest BCUT2D eigenvalue weighted by Crippen LogP contribution is 1.86. The van der Waals surface area contributed by atoms with Crippen LogP contribution in [0.2, 0.25) is 0 Å². The smallest absolute Gasteiger partial charge is 0.320 e. The molecule has 112 valence electrons. The third-order valence-electron chi connectivity index (χ3n) is 1.77. The molecule has 0 rings (SSSR count). The maximum atomic E-state index is 10.8. The van der Waals surface area contributed by atoms with E-state index in [1.165, 1.54) is 0 Å². The van der Waals surface area contributed by atoms with Crippen molar-refractivity contribution < 1.29 is 28.8 Å². The normalized spacial score (nSPS) is 9.70. The van der Waals surface area contributed by atoms with E-state index in [-0.39, 0.29) is 39.4 Å². The summed E-state index contributed by atoms with van der Waals surface area (Å²) >= 11 is 0. The van der Waals surface area contributed by atoms with Gasteiger partial charge in [-0.15, -0.1) is 0 Å². The fourth-order valence-electron chi connectivity index (χ4n) is 0.946. The van der Waals surface area contributed by atoms with E-state index in [0.717, 1.165) is 0 Å². The Morgan fingerprint density at radius 1 is 1.00 bits per heavy atom. The van der Waals surface area contributed by atoms with Crippen LogP contribution in [0.3, 0.4) is 0 Å². The van der Waals surface area contributed by atoms with Crippen LogP contribution < -0.4 is 0 Å². The third kappa shape index (κ3) is 14.4. The summed E-state index contributed by atoms with van der Waals surface area (Å²) in [6.45, 7) is 8.80. The zero-order chi connectivity index (χ0) is 14.9. The Balaban J connectivity index is 3.05. The van der Waals surface area contributed by atoms with Crippen molar-refractivity contribution in [2.24, 2.45) is 0 Å².